The summed E-state index contributed by atoms with van der Waals surface area (Å²) >= 11 is 0. The standard InChI is InChI=1S/C36H38N8O4S/c1-43(2)18-7-12-34(45)41-28-15-13-25(14-16-28)36(46)42-30-9-6-8-29(21-30)40-33-22-32(38-24-39-33)27-20-26-17-19-44(35(26)37-23-27)49(47,48)31-10-4-3-5-11-31/h3-5,7,10-17,19-20,22-24,29-30H,6,8-9,18,21H2,1-2H3,(H,41,45)(H,42,46)(H,38,39,40)/b12-7+. The number of carbonyl (C=O) groups excluding carboxylic acids is 2. The molecule has 0 radical (unpaired) electrons. The van der Waals surface area contributed by atoms with E-state index in [9.17, 15) is 18.0 Å². The molecule has 12 nitrogen and oxygen atoms in total. The number of benzene rings is 2. The molecular formula is C36H38N8O4S. The van der Waals surface area contributed by atoms with Crippen LogP contribution in [0.1, 0.15) is 36.0 Å². The van der Waals surface area contributed by atoms with E-state index in [2.05, 4.69) is 30.9 Å². The number of nitrogens with zero attached hydrogens (tertiary/aromatic N) is 5. The summed E-state index contributed by atoms with van der Waals surface area (Å²) in [6.45, 7) is 0.668. The van der Waals surface area contributed by atoms with Gasteiger partial charge < -0.3 is 20.9 Å². The van der Waals surface area contributed by atoms with Crippen LogP contribution in [-0.2, 0) is 14.8 Å². The van der Waals surface area contributed by atoms with E-state index < -0.39 is 10.0 Å². The van der Waals surface area contributed by atoms with Crippen molar-refractivity contribution in [3.63, 3.8) is 0 Å². The molecule has 13 heteroatoms. The first kappa shape index (κ1) is 33.5. The first-order valence-corrected chi connectivity index (χ1v) is 17.5. The van der Waals surface area contributed by atoms with Gasteiger partial charge >= 0.3 is 0 Å². The Bertz CT molecular complexity index is 2080. The van der Waals surface area contributed by atoms with Crippen molar-refractivity contribution in [2.75, 3.05) is 31.3 Å². The molecular weight excluding hydrogens is 641 g/mol. The summed E-state index contributed by atoms with van der Waals surface area (Å²) in [6, 6.07) is 20.6. The predicted octanol–water partition coefficient (Wildman–Crippen LogP) is 4.94. The van der Waals surface area contributed by atoms with Crippen LogP contribution < -0.4 is 16.0 Å². The normalized spacial score (nSPS) is 16.6. The van der Waals surface area contributed by atoms with Gasteiger partial charge in [-0.25, -0.2) is 27.3 Å². The minimum absolute atomic E-state index is 0.0101. The predicted molar refractivity (Wildman–Crippen MR) is 190 cm³/mol. The van der Waals surface area contributed by atoms with Gasteiger partial charge in [-0.2, -0.15) is 0 Å². The fourth-order valence-corrected chi connectivity index (χ4v) is 7.15. The number of likely N-dealkylation sites (N-methyl/N-ethyl adjacent to an activating group) is 1. The van der Waals surface area contributed by atoms with Crippen LogP contribution in [0.5, 0.6) is 0 Å². The molecule has 3 N–H and O–H groups in total. The van der Waals surface area contributed by atoms with Gasteiger partial charge in [0.1, 0.15) is 12.1 Å². The molecule has 3 heterocycles. The van der Waals surface area contributed by atoms with Crippen molar-refractivity contribution < 1.29 is 18.0 Å². The second kappa shape index (κ2) is 14.8. The van der Waals surface area contributed by atoms with Crippen molar-refractivity contribution in [2.45, 2.75) is 42.7 Å². The maximum absolute atomic E-state index is 13.2. The molecule has 0 spiro atoms. The Balaban J connectivity index is 1.06. The monoisotopic (exact) mass is 678 g/mol. The summed E-state index contributed by atoms with van der Waals surface area (Å²) < 4.78 is 27.6. The lowest BCUT2D eigenvalue weighted by atomic mass is 9.90. The lowest BCUT2D eigenvalue weighted by Gasteiger charge is -2.30. The van der Waals surface area contributed by atoms with Crippen molar-refractivity contribution in [1.29, 1.82) is 0 Å². The fourth-order valence-electron chi connectivity index (χ4n) is 5.82. The van der Waals surface area contributed by atoms with Gasteiger partial charge in [0, 0.05) is 65.4 Å². The SMILES string of the molecule is CN(C)C/C=C/C(=O)Nc1ccc(C(=O)NC2CCCC(Nc3cc(-c4cnc5c(ccn5S(=O)(=O)c5ccccc5)c4)ncn3)C2)cc1. The number of fused-ring (bicyclic) bond motifs is 1. The number of aromatic nitrogens is 4. The number of carbonyl (C=O) groups is 2. The Kier molecular flexibility index (Phi) is 10.1. The third-order valence-electron chi connectivity index (χ3n) is 8.27. The topological polar surface area (TPSA) is 151 Å². The number of anilines is 2. The minimum Gasteiger partial charge on any atom is -0.367 e. The van der Waals surface area contributed by atoms with Gasteiger partial charge in [0.15, 0.2) is 5.65 Å². The number of amides is 2. The molecule has 0 aliphatic heterocycles. The summed E-state index contributed by atoms with van der Waals surface area (Å²) in [6.07, 6.45) is 11.4. The number of pyridine rings is 1. The minimum atomic E-state index is -3.79. The van der Waals surface area contributed by atoms with E-state index in [1.807, 2.05) is 31.1 Å². The van der Waals surface area contributed by atoms with Gasteiger partial charge in [0.05, 0.1) is 10.6 Å². The lowest BCUT2D eigenvalue weighted by molar-refractivity contribution is -0.111. The van der Waals surface area contributed by atoms with Crippen LogP contribution in [0.2, 0.25) is 0 Å². The Morgan fingerprint density at radius 2 is 1.73 bits per heavy atom. The summed E-state index contributed by atoms with van der Waals surface area (Å²) in [5, 5.41) is 10.1. The Labute approximate surface area is 285 Å². The first-order valence-electron chi connectivity index (χ1n) is 16.1. The highest BCUT2D eigenvalue weighted by Crippen LogP contribution is 2.27. The summed E-state index contributed by atoms with van der Waals surface area (Å²) in [7, 11) is 0.0697. The average Bonchev–Trinajstić information content (AvgIpc) is 3.54. The van der Waals surface area contributed by atoms with Crippen LogP contribution in [0, 0.1) is 0 Å². The molecule has 5 aromatic rings. The third-order valence-corrected chi connectivity index (χ3v) is 9.95. The number of nitrogens with one attached hydrogen (secondary N) is 3. The molecule has 0 bridgehead atoms. The van der Waals surface area contributed by atoms with E-state index in [0.717, 1.165) is 31.2 Å². The van der Waals surface area contributed by atoms with E-state index in [1.54, 1.807) is 72.9 Å². The van der Waals surface area contributed by atoms with Gasteiger partial charge in [-0.3, -0.25) is 9.59 Å². The highest BCUT2D eigenvalue weighted by molar-refractivity contribution is 7.90. The number of rotatable bonds is 11. The molecule has 3 aromatic heterocycles. The van der Waals surface area contributed by atoms with Gasteiger partial charge in [-0.05, 0) is 88.3 Å². The van der Waals surface area contributed by atoms with Crippen molar-refractivity contribution in [3.05, 3.63) is 109 Å². The maximum Gasteiger partial charge on any atom is 0.269 e. The van der Waals surface area contributed by atoms with Crippen molar-refractivity contribution in [2.24, 2.45) is 0 Å². The fraction of sp³-hybridized carbons (Fsp3) is 0.250. The first-order chi connectivity index (χ1) is 23.7. The summed E-state index contributed by atoms with van der Waals surface area (Å²) in [5.74, 6) is 0.271. The zero-order valence-corrected chi connectivity index (χ0v) is 28.1. The van der Waals surface area contributed by atoms with Gasteiger partial charge in [0.25, 0.3) is 15.9 Å². The van der Waals surface area contributed by atoms with E-state index in [-0.39, 0.29) is 28.8 Å². The van der Waals surface area contributed by atoms with Crippen LogP contribution in [-0.4, -0.2) is 76.8 Å². The zero-order valence-electron chi connectivity index (χ0n) is 27.3. The van der Waals surface area contributed by atoms with Crippen LogP contribution in [0.4, 0.5) is 11.5 Å². The molecule has 1 aliphatic rings. The molecule has 1 fully saturated rings. The highest BCUT2D eigenvalue weighted by Gasteiger charge is 2.24. The number of hydrogen-bond donors (Lipinski definition) is 3. The average molecular weight is 679 g/mol. The second-order valence-corrected chi connectivity index (χ2v) is 14.1. The maximum atomic E-state index is 13.2. The third kappa shape index (κ3) is 8.19. The summed E-state index contributed by atoms with van der Waals surface area (Å²) in [4.78, 5) is 40.7. The molecule has 2 unspecified atom stereocenters. The Morgan fingerprint density at radius 1 is 0.959 bits per heavy atom. The molecule has 0 saturated heterocycles. The van der Waals surface area contributed by atoms with Gasteiger partial charge in [-0.15, -0.1) is 0 Å². The van der Waals surface area contributed by atoms with Crippen LogP contribution >= 0.6 is 0 Å². The van der Waals surface area contributed by atoms with Crippen molar-refractivity contribution in [3.8, 4) is 11.3 Å². The Hall–Kier alpha value is -5.40. The van der Waals surface area contributed by atoms with Crippen LogP contribution in [0.3, 0.4) is 0 Å². The molecule has 252 valence electrons. The smallest absolute Gasteiger partial charge is 0.269 e. The molecule has 1 saturated carbocycles. The van der Waals surface area contributed by atoms with Crippen LogP contribution in [0.25, 0.3) is 22.3 Å². The summed E-state index contributed by atoms with van der Waals surface area (Å²) in [5.41, 5.74) is 2.85. The Morgan fingerprint density at radius 3 is 2.51 bits per heavy atom. The zero-order chi connectivity index (χ0) is 34.4. The van der Waals surface area contributed by atoms with Crippen LogP contribution in [0.15, 0.2) is 109 Å². The molecule has 49 heavy (non-hydrogen) atoms. The molecule has 1 aliphatic carbocycles. The molecule has 2 amide bonds. The largest absolute Gasteiger partial charge is 0.367 e. The molecule has 6 rings (SSSR count). The quantitative estimate of drug-likeness (QED) is 0.165. The van der Waals surface area contributed by atoms with Gasteiger partial charge in [0.2, 0.25) is 5.91 Å². The molecule has 2 atom stereocenters. The van der Waals surface area contributed by atoms with E-state index in [1.165, 1.54) is 22.6 Å². The second-order valence-electron chi connectivity index (χ2n) is 12.3. The number of hydrogen-bond acceptors (Lipinski definition) is 9. The van der Waals surface area contributed by atoms with E-state index in [4.69, 9.17) is 0 Å². The van der Waals surface area contributed by atoms with E-state index in [0.29, 0.717) is 40.3 Å². The lowest BCUT2D eigenvalue weighted by Crippen LogP contribution is -2.41. The highest BCUT2D eigenvalue weighted by atomic mass is 32.2. The van der Waals surface area contributed by atoms with Crippen molar-refractivity contribution in [1.82, 2.24) is 29.1 Å². The molecule has 2 aromatic carbocycles. The van der Waals surface area contributed by atoms with E-state index >= 15 is 0 Å². The van der Waals surface area contributed by atoms with Crippen molar-refractivity contribution >= 4 is 44.4 Å². The van der Waals surface area contributed by atoms with Gasteiger partial charge in [-0.1, -0.05) is 24.3 Å².